The third-order valence-electron chi connectivity index (χ3n) is 2.32. The Kier molecular flexibility index (Phi) is 3.17. The van der Waals surface area contributed by atoms with Crippen molar-refractivity contribution in [2.75, 3.05) is 0 Å². The highest BCUT2D eigenvalue weighted by molar-refractivity contribution is 9.10. The summed E-state index contributed by atoms with van der Waals surface area (Å²) < 4.78 is 2.40. The molecule has 1 aromatic heterocycles. The maximum atomic E-state index is 11.9. The molecule has 0 unspecified atom stereocenters. The minimum absolute atomic E-state index is 0.0270. The zero-order valence-corrected chi connectivity index (χ0v) is 10.9. The molecule has 82 valence electrons. The maximum Gasteiger partial charge on any atom is 0.257 e. The Hall–Kier alpha value is -1.06. The van der Waals surface area contributed by atoms with Gasteiger partial charge in [0, 0.05) is 16.2 Å². The van der Waals surface area contributed by atoms with Crippen LogP contribution in [0.2, 0.25) is 5.02 Å². The number of rotatable bonds is 1. The molecule has 4 heteroatoms. The van der Waals surface area contributed by atoms with Gasteiger partial charge in [0.2, 0.25) is 0 Å². The highest BCUT2D eigenvalue weighted by Gasteiger charge is 2.03. The molecular formula is C12H9BrClNO. The zero-order chi connectivity index (χ0) is 11.7. The molecule has 1 heterocycles. The molecule has 0 bridgehead atoms. The first-order valence-electron chi connectivity index (χ1n) is 4.73. The molecule has 0 amide bonds. The first-order valence-corrected chi connectivity index (χ1v) is 5.90. The lowest BCUT2D eigenvalue weighted by atomic mass is 10.2. The second-order valence-electron chi connectivity index (χ2n) is 3.46. The zero-order valence-electron chi connectivity index (χ0n) is 8.58. The van der Waals surface area contributed by atoms with Crippen molar-refractivity contribution in [2.45, 2.75) is 6.92 Å². The molecule has 0 saturated carbocycles. The highest BCUT2D eigenvalue weighted by atomic mass is 79.9. The second-order valence-corrected chi connectivity index (χ2v) is 4.73. The molecule has 0 aliphatic heterocycles. The van der Waals surface area contributed by atoms with Crippen LogP contribution < -0.4 is 5.56 Å². The van der Waals surface area contributed by atoms with E-state index in [0.717, 1.165) is 10.2 Å². The summed E-state index contributed by atoms with van der Waals surface area (Å²) in [4.78, 5) is 11.9. The van der Waals surface area contributed by atoms with Crippen LogP contribution in [0.15, 0.2) is 45.8 Å². The monoisotopic (exact) mass is 297 g/mol. The molecule has 0 fully saturated rings. The van der Waals surface area contributed by atoms with Crippen LogP contribution in [0, 0.1) is 6.92 Å². The topological polar surface area (TPSA) is 22.0 Å². The van der Waals surface area contributed by atoms with Gasteiger partial charge >= 0.3 is 0 Å². The van der Waals surface area contributed by atoms with Crippen molar-refractivity contribution < 1.29 is 0 Å². The normalized spacial score (nSPS) is 10.4. The van der Waals surface area contributed by atoms with Gasteiger partial charge in [-0.3, -0.25) is 9.36 Å². The average Bonchev–Trinajstić information content (AvgIpc) is 2.26. The molecule has 0 aliphatic carbocycles. The third kappa shape index (κ3) is 2.06. The third-order valence-corrected chi connectivity index (χ3v) is 3.55. The number of hydrogen-bond acceptors (Lipinski definition) is 1. The van der Waals surface area contributed by atoms with E-state index in [-0.39, 0.29) is 5.56 Å². The van der Waals surface area contributed by atoms with Gasteiger partial charge in [-0.1, -0.05) is 17.7 Å². The van der Waals surface area contributed by atoms with Crippen molar-refractivity contribution in [3.05, 3.63) is 61.9 Å². The van der Waals surface area contributed by atoms with Crippen LogP contribution >= 0.6 is 27.5 Å². The fourth-order valence-corrected chi connectivity index (χ4v) is 1.86. The summed E-state index contributed by atoms with van der Waals surface area (Å²) in [5.41, 5.74) is 1.45. The van der Waals surface area contributed by atoms with Crippen LogP contribution in [-0.2, 0) is 0 Å². The number of benzene rings is 1. The number of halogens is 2. The van der Waals surface area contributed by atoms with E-state index in [1.165, 1.54) is 0 Å². The molecule has 2 aromatic rings. The number of pyridine rings is 1. The second kappa shape index (κ2) is 4.44. The Labute approximate surface area is 107 Å². The predicted molar refractivity (Wildman–Crippen MR) is 69.5 cm³/mol. The Morgan fingerprint density at radius 2 is 2.06 bits per heavy atom. The average molecular weight is 299 g/mol. The van der Waals surface area contributed by atoms with Crippen LogP contribution in [-0.4, -0.2) is 4.57 Å². The molecule has 16 heavy (non-hydrogen) atoms. The number of aryl methyl sites for hydroxylation is 1. The summed E-state index contributed by atoms with van der Waals surface area (Å²) in [6, 6.07) is 9.06. The highest BCUT2D eigenvalue weighted by Crippen LogP contribution is 2.24. The van der Waals surface area contributed by atoms with Crippen molar-refractivity contribution in [2.24, 2.45) is 0 Å². The molecule has 0 N–H and O–H groups in total. The van der Waals surface area contributed by atoms with Gasteiger partial charge in [0.05, 0.1) is 10.7 Å². The van der Waals surface area contributed by atoms with Crippen molar-refractivity contribution in [3.8, 4) is 5.69 Å². The van der Waals surface area contributed by atoms with Crippen LogP contribution in [0.5, 0.6) is 0 Å². The molecule has 2 nitrogen and oxygen atoms in total. The lowest BCUT2D eigenvalue weighted by Gasteiger charge is -2.07. The number of aromatic nitrogens is 1. The van der Waals surface area contributed by atoms with E-state index < -0.39 is 0 Å². The van der Waals surface area contributed by atoms with Crippen molar-refractivity contribution in [1.82, 2.24) is 4.57 Å². The number of nitrogens with zero attached hydrogens (tertiary/aromatic N) is 1. The van der Waals surface area contributed by atoms with Gasteiger partial charge in [-0.05, 0) is 47.1 Å². The lowest BCUT2D eigenvalue weighted by molar-refractivity contribution is 0.970. The molecule has 0 spiro atoms. The van der Waals surface area contributed by atoms with E-state index >= 15 is 0 Å². The Morgan fingerprint density at radius 1 is 1.31 bits per heavy atom. The molecular weight excluding hydrogens is 289 g/mol. The van der Waals surface area contributed by atoms with Crippen LogP contribution in [0.1, 0.15) is 5.56 Å². The Balaban J connectivity index is 2.64. The summed E-state index contributed by atoms with van der Waals surface area (Å²) in [5.74, 6) is 0. The van der Waals surface area contributed by atoms with E-state index in [1.807, 2.05) is 18.2 Å². The molecule has 1 aromatic carbocycles. The maximum absolute atomic E-state index is 11.9. The molecule has 0 aliphatic rings. The standard InChI is InChI=1S/C12H9BrClNO/c1-8-3-2-6-15(12(8)16)9-4-5-10(13)11(14)7-9/h2-7H,1H3. The van der Waals surface area contributed by atoms with E-state index in [2.05, 4.69) is 15.9 Å². The summed E-state index contributed by atoms with van der Waals surface area (Å²) in [7, 11) is 0. The summed E-state index contributed by atoms with van der Waals surface area (Å²) >= 11 is 9.31. The Morgan fingerprint density at radius 3 is 2.75 bits per heavy atom. The fraction of sp³-hybridized carbons (Fsp3) is 0.0833. The van der Waals surface area contributed by atoms with Gasteiger partial charge in [0.25, 0.3) is 5.56 Å². The van der Waals surface area contributed by atoms with Crippen LogP contribution in [0.25, 0.3) is 5.69 Å². The largest absolute Gasteiger partial charge is 0.284 e. The SMILES string of the molecule is Cc1cccn(-c2ccc(Br)c(Cl)c2)c1=O. The molecule has 0 radical (unpaired) electrons. The van der Waals surface area contributed by atoms with Gasteiger partial charge in [0.1, 0.15) is 0 Å². The Bertz CT molecular complexity index is 592. The van der Waals surface area contributed by atoms with E-state index in [1.54, 1.807) is 29.8 Å². The summed E-state index contributed by atoms with van der Waals surface area (Å²) in [5, 5.41) is 0.589. The predicted octanol–water partition coefficient (Wildman–Crippen LogP) is 3.56. The van der Waals surface area contributed by atoms with Gasteiger partial charge < -0.3 is 0 Å². The van der Waals surface area contributed by atoms with Gasteiger partial charge in [-0.25, -0.2) is 0 Å². The lowest BCUT2D eigenvalue weighted by Crippen LogP contribution is -2.19. The van der Waals surface area contributed by atoms with Crippen molar-refractivity contribution in [3.63, 3.8) is 0 Å². The first-order chi connectivity index (χ1) is 7.59. The summed E-state index contributed by atoms with van der Waals surface area (Å²) in [6.45, 7) is 1.79. The smallest absolute Gasteiger partial charge is 0.257 e. The van der Waals surface area contributed by atoms with Crippen molar-refractivity contribution >= 4 is 27.5 Å². The van der Waals surface area contributed by atoms with Crippen molar-refractivity contribution in [1.29, 1.82) is 0 Å². The molecule has 0 atom stereocenters. The molecule has 2 rings (SSSR count). The fourth-order valence-electron chi connectivity index (χ4n) is 1.44. The molecule has 0 saturated heterocycles. The van der Waals surface area contributed by atoms with E-state index in [9.17, 15) is 4.79 Å². The summed E-state index contributed by atoms with van der Waals surface area (Å²) in [6.07, 6.45) is 1.73. The minimum atomic E-state index is -0.0270. The van der Waals surface area contributed by atoms with E-state index in [0.29, 0.717) is 10.6 Å². The first kappa shape index (κ1) is 11.4. The quantitative estimate of drug-likeness (QED) is 0.789. The van der Waals surface area contributed by atoms with Crippen LogP contribution in [0.4, 0.5) is 0 Å². The van der Waals surface area contributed by atoms with Gasteiger partial charge in [-0.2, -0.15) is 0 Å². The van der Waals surface area contributed by atoms with Gasteiger partial charge in [0.15, 0.2) is 0 Å². The van der Waals surface area contributed by atoms with E-state index in [4.69, 9.17) is 11.6 Å². The minimum Gasteiger partial charge on any atom is -0.284 e. The van der Waals surface area contributed by atoms with Crippen LogP contribution in [0.3, 0.4) is 0 Å². The number of hydrogen-bond donors (Lipinski definition) is 0. The van der Waals surface area contributed by atoms with Gasteiger partial charge in [-0.15, -0.1) is 0 Å².